The third-order valence-electron chi connectivity index (χ3n) is 6.23. The summed E-state index contributed by atoms with van der Waals surface area (Å²) in [7, 11) is 1.29. The van der Waals surface area contributed by atoms with Gasteiger partial charge < -0.3 is 15.4 Å². The van der Waals surface area contributed by atoms with E-state index in [0.29, 0.717) is 16.8 Å². The first kappa shape index (κ1) is 24.5. The Morgan fingerprint density at radius 1 is 1.00 bits per heavy atom. The van der Waals surface area contributed by atoms with E-state index in [4.69, 9.17) is 16.3 Å². The molecule has 9 heteroatoms. The van der Waals surface area contributed by atoms with Gasteiger partial charge >= 0.3 is 5.97 Å². The van der Waals surface area contributed by atoms with Crippen molar-refractivity contribution in [3.63, 3.8) is 0 Å². The van der Waals surface area contributed by atoms with Gasteiger partial charge in [0.15, 0.2) is 0 Å². The second-order valence-corrected chi connectivity index (χ2v) is 8.92. The van der Waals surface area contributed by atoms with Gasteiger partial charge in [-0.1, -0.05) is 49.1 Å². The molecule has 0 aromatic heterocycles. The minimum atomic E-state index is -0.488. The van der Waals surface area contributed by atoms with Crippen LogP contribution < -0.4 is 10.6 Å². The predicted octanol–water partition coefficient (Wildman–Crippen LogP) is 3.97. The lowest BCUT2D eigenvalue weighted by atomic mass is 9.94. The first-order valence-corrected chi connectivity index (χ1v) is 11.9. The lowest BCUT2D eigenvalue weighted by Gasteiger charge is -2.29. The Balaban J connectivity index is 1.36. The molecule has 1 aliphatic heterocycles. The van der Waals surface area contributed by atoms with Crippen LogP contribution in [0, 0.1) is 0 Å². The molecule has 0 bridgehead atoms. The third kappa shape index (κ3) is 5.38. The number of esters is 1. The number of carbonyl (C=O) groups excluding carboxylic acids is 4. The molecule has 2 aromatic rings. The molecule has 0 saturated heterocycles. The molecule has 0 radical (unpaired) electrons. The number of ether oxygens (including phenoxy) is 1. The number of carbonyl (C=O) groups is 4. The Labute approximate surface area is 208 Å². The van der Waals surface area contributed by atoms with Crippen LogP contribution in [0.25, 0.3) is 0 Å². The van der Waals surface area contributed by atoms with Crippen molar-refractivity contribution >= 4 is 41.0 Å². The molecule has 4 rings (SSSR count). The van der Waals surface area contributed by atoms with E-state index in [1.54, 1.807) is 42.5 Å². The summed E-state index contributed by atoms with van der Waals surface area (Å²) in [5, 5.41) is 5.67. The highest BCUT2D eigenvalue weighted by Crippen LogP contribution is 2.30. The van der Waals surface area contributed by atoms with E-state index in [1.807, 2.05) is 0 Å². The Hall–Kier alpha value is -3.65. The Kier molecular flexibility index (Phi) is 7.51. The van der Waals surface area contributed by atoms with Crippen molar-refractivity contribution in [3.8, 4) is 0 Å². The summed E-state index contributed by atoms with van der Waals surface area (Å²) in [6.45, 7) is 0.270. The average Bonchev–Trinajstić information content (AvgIpc) is 3.10. The van der Waals surface area contributed by atoms with Crippen molar-refractivity contribution in [1.29, 1.82) is 0 Å². The zero-order valence-electron chi connectivity index (χ0n) is 19.3. The van der Waals surface area contributed by atoms with E-state index in [9.17, 15) is 19.2 Å². The number of amides is 3. The van der Waals surface area contributed by atoms with Gasteiger partial charge in [-0.15, -0.1) is 0 Å². The van der Waals surface area contributed by atoms with Crippen molar-refractivity contribution in [2.75, 3.05) is 12.4 Å². The maximum absolute atomic E-state index is 12.9. The van der Waals surface area contributed by atoms with Gasteiger partial charge in [-0.05, 0) is 48.7 Å². The number of hydrogen-bond donors (Lipinski definition) is 2. The predicted molar refractivity (Wildman–Crippen MR) is 131 cm³/mol. The van der Waals surface area contributed by atoms with Crippen molar-refractivity contribution in [3.05, 3.63) is 76.0 Å². The largest absolute Gasteiger partial charge is 0.465 e. The smallest absolute Gasteiger partial charge is 0.337 e. The lowest BCUT2D eigenvalue weighted by molar-refractivity contribution is -0.140. The molecule has 8 nitrogen and oxygen atoms in total. The van der Waals surface area contributed by atoms with E-state index < -0.39 is 11.9 Å². The number of hydrogen-bond acceptors (Lipinski definition) is 6. The summed E-state index contributed by atoms with van der Waals surface area (Å²) in [5.74, 6) is -1.64. The number of anilines is 1. The number of methoxy groups -OCH3 is 1. The van der Waals surface area contributed by atoms with E-state index >= 15 is 0 Å². The second-order valence-electron chi connectivity index (χ2n) is 8.54. The zero-order chi connectivity index (χ0) is 24.9. The van der Waals surface area contributed by atoms with Gasteiger partial charge in [-0.3, -0.25) is 19.3 Å². The van der Waals surface area contributed by atoms with Gasteiger partial charge in [-0.2, -0.15) is 0 Å². The SMILES string of the molecule is COC(=O)c1cccc(NC(=O)c2ccc(CNC3=C(Cl)C(=O)N(C4CCCCC4)C3=O)cc2)c1. The summed E-state index contributed by atoms with van der Waals surface area (Å²) in [6, 6.07) is 13.2. The van der Waals surface area contributed by atoms with Crippen LogP contribution in [0.3, 0.4) is 0 Å². The minimum absolute atomic E-state index is 0.0780. The summed E-state index contributed by atoms with van der Waals surface area (Å²) < 4.78 is 4.70. The molecule has 0 unspecified atom stereocenters. The summed E-state index contributed by atoms with van der Waals surface area (Å²) in [5.41, 5.74) is 2.15. The molecule has 1 fully saturated rings. The molecular formula is C26H26ClN3O5. The van der Waals surface area contributed by atoms with Crippen molar-refractivity contribution in [1.82, 2.24) is 10.2 Å². The highest BCUT2D eigenvalue weighted by Gasteiger charge is 2.41. The van der Waals surface area contributed by atoms with Gasteiger partial charge in [0.25, 0.3) is 17.7 Å². The van der Waals surface area contributed by atoms with Crippen LogP contribution >= 0.6 is 11.6 Å². The van der Waals surface area contributed by atoms with Crippen LogP contribution in [-0.4, -0.2) is 41.7 Å². The maximum Gasteiger partial charge on any atom is 0.337 e. The first-order valence-electron chi connectivity index (χ1n) is 11.5. The Morgan fingerprint density at radius 3 is 2.40 bits per heavy atom. The standard InChI is InChI=1S/C26H26ClN3O5/c1-35-26(34)18-6-5-7-19(14-18)29-23(31)17-12-10-16(11-13-17)15-28-22-21(27)24(32)30(25(22)33)20-8-3-2-4-9-20/h5-7,10-14,20,28H,2-4,8-9,15H2,1H3,(H,29,31). The summed E-state index contributed by atoms with van der Waals surface area (Å²) >= 11 is 6.21. The molecule has 0 spiro atoms. The fourth-order valence-corrected chi connectivity index (χ4v) is 4.59. The number of benzene rings is 2. The summed E-state index contributed by atoms with van der Waals surface area (Å²) in [6.07, 6.45) is 4.74. The number of halogens is 1. The zero-order valence-corrected chi connectivity index (χ0v) is 20.1. The molecule has 1 heterocycles. The van der Waals surface area contributed by atoms with Crippen LogP contribution in [0.1, 0.15) is 58.4 Å². The van der Waals surface area contributed by atoms with Gasteiger partial charge in [0.1, 0.15) is 10.7 Å². The highest BCUT2D eigenvalue weighted by atomic mass is 35.5. The summed E-state index contributed by atoms with van der Waals surface area (Å²) in [4.78, 5) is 51.0. The molecule has 1 aliphatic carbocycles. The fraction of sp³-hybridized carbons (Fsp3) is 0.308. The van der Waals surface area contributed by atoms with Crippen LogP contribution in [0.15, 0.2) is 59.3 Å². The molecule has 0 atom stereocenters. The number of imide groups is 1. The number of rotatable bonds is 7. The molecule has 2 N–H and O–H groups in total. The van der Waals surface area contributed by atoms with Gasteiger partial charge in [0.05, 0.1) is 12.7 Å². The minimum Gasteiger partial charge on any atom is -0.465 e. The third-order valence-corrected chi connectivity index (χ3v) is 6.58. The fourth-order valence-electron chi connectivity index (χ4n) is 4.35. The van der Waals surface area contributed by atoms with Crippen molar-refractivity contribution in [2.45, 2.75) is 44.7 Å². The van der Waals surface area contributed by atoms with E-state index in [-0.39, 0.29) is 35.1 Å². The molecule has 2 aliphatic rings. The first-order chi connectivity index (χ1) is 16.9. The second kappa shape index (κ2) is 10.7. The molecule has 3 amide bonds. The van der Waals surface area contributed by atoms with Gasteiger partial charge in [0, 0.05) is 23.8 Å². The van der Waals surface area contributed by atoms with Crippen LogP contribution in [0.4, 0.5) is 5.69 Å². The molecule has 2 aromatic carbocycles. The molecule has 182 valence electrons. The van der Waals surface area contributed by atoms with E-state index in [0.717, 1.165) is 37.7 Å². The van der Waals surface area contributed by atoms with Crippen molar-refractivity contribution < 1.29 is 23.9 Å². The average molecular weight is 496 g/mol. The van der Waals surface area contributed by atoms with Crippen LogP contribution in [0.2, 0.25) is 0 Å². The molecular weight excluding hydrogens is 470 g/mol. The molecule has 1 saturated carbocycles. The molecule has 35 heavy (non-hydrogen) atoms. The Bertz CT molecular complexity index is 1190. The topological polar surface area (TPSA) is 105 Å². The van der Waals surface area contributed by atoms with Crippen molar-refractivity contribution in [2.24, 2.45) is 0 Å². The lowest BCUT2D eigenvalue weighted by Crippen LogP contribution is -2.43. The highest BCUT2D eigenvalue weighted by molar-refractivity contribution is 6.47. The Morgan fingerprint density at radius 2 is 1.71 bits per heavy atom. The van der Waals surface area contributed by atoms with E-state index in [1.165, 1.54) is 18.1 Å². The monoisotopic (exact) mass is 495 g/mol. The quantitative estimate of drug-likeness (QED) is 0.445. The van der Waals surface area contributed by atoms with Gasteiger partial charge in [-0.25, -0.2) is 4.79 Å². The number of nitrogens with zero attached hydrogens (tertiary/aromatic N) is 1. The maximum atomic E-state index is 12.9. The van der Waals surface area contributed by atoms with Crippen LogP contribution in [-0.2, 0) is 20.9 Å². The van der Waals surface area contributed by atoms with E-state index in [2.05, 4.69) is 10.6 Å². The normalized spacial score (nSPS) is 16.5. The number of nitrogens with one attached hydrogen (secondary N) is 2. The van der Waals surface area contributed by atoms with Gasteiger partial charge in [0.2, 0.25) is 0 Å². The van der Waals surface area contributed by atoms with Crippen LogP contribution in [0.5, 0.6) is 0 Å².